The molecule has 0 aliphatic heterocycles. The molecule has 0 saturated carbocycles. The van der Waals surface area contributed by atoms with Crippen molar-refractivity contribution in [3.05, 3.63) is 49.6 Å². The van der Waals surface area contributed by atoms with Crippen LogP contribution in [0.3, 0.4) is 0 Å². The summed E-state index contributed by atoms with van der Waals surface area (Å²) in [4.78, 5) is 2.98. The highest BCUT2D eigenvalue weighted by molar-refractivity contribution is 9.10. The highest BCUT2D eigenvalue weighted by atomic mass is 79.9. The number of phenolic OH excluding ortho intramolecular Hbond substituents is 1. The number of rotatable bonds is 5. The van der Waals surface area contributed by atoms with E-state index in [1.54, 1.807) is 16.5 Å². The van der Waals surface area contributed by atoms with Crippen molar-refractivity contribution in [3.8, 4) is 5.75 Å². The van der Waals surface area contributed by atoms with Gasteiger partial charge in [-0.2, -0.15) is 0 Å². The first kappa shape index (κ1) is 15.1. The van der Waals surface area contributed by atoms with Crippen LogP contribution in [0.2, 0.25) is 0 Å². The summed E-state index contributed by atoms with van der Waals surface area (Å²) >= 11 is 5.43. The van der Waals surface area contributed by atoms with Crippen molar-refractivity contribution in [2.24, 2.45) is 0 Å². The fourth-order valence-electron chi connectivity index (χ4n) is 2.98. The first-order valence-corrected chi connectivity index (χ1v) is 9.10. The minimum atomic E-state index is 0.180. The molecule has 0 amide bonds. The second-order valence-electron chi connectivity index (χ2n) is 5.56. The van der Waals surface area contributed by atoms with Crippen molar-refractivity contribution in [1.29, 1.82) is 0 Å². The van der Waals surface area contributed by atoms with Crippen LogP contribution in [0.5, 0.6) is 5.75 Å². The Bertz CT molecular complexity index is 616. The summed E-state index contributed by atoms with van der Waals surface area (Å²) in [6.45, 7) is 3.02. The molecule has 2 aromatic rings. The zero-order valence-corrected chi connectivity index (χ0v) is 14.6. The molecule has 2 nitrogen and oxygen atoms in total. The maximum absolute atomic E-state index is 10.1. The van der Waals surface area contributed by atoms with E-state index in [9.17, 15) is 5.11 Å². The molecular weight excluding hydrogens is 346 g/mol. The minimum absolute atomic E-state index is 0.180. The predicted molar refractivity (Wildman–Crippen MR) is 92.0 cm³/mol. The Balaban J connectivity index is 1.70. The molecule has 0 bridgehead atoms. The van der Waals surface area contributed by atoms with Crippen molar-refractivity contribution >= 4 is 27.3 Å². The van der Waals surface area contributed by atoms with Gasteiger partial charge in [-0.1, -0.05) is 22.9 Å². The number of nitrogens with one attached hydrogen (secondary N) is 1. The lowest BCUT2D eigenvalue weighted by Gasteiger charge is -2.18. The van der Waals surface area contributed by atoms with Crippen molar-refractivity contribution < 1.29 is 5.11 Å². The molecule has 1 aromatic carbocycles. The van der Waals surface area contributed by atoms with Crippen molar-refractivity contribution in [1.82, 2.24) is 5.32 Å². The van der Waals surface area contributed by atoms with Gasteiger partial charge in [-0.25, -0.2) is 0 Å². The average molecular weight is 366 g/mol. The van der Waals surface area contributed by atoms with Gasteiger partial charge in [0.05, 0.1) is 0 Å². The average Bonchev–Trinajstić information content (AvgIpc) is 3.04. The summed E-state index contributed by atoms with van der Waals surface area (Å²) in [5.74, 6) is 0.367. The van der Waals surface area contributed by atoms with E-state index in [1.807, 2.05) is 23.5 Å². The van der Waals surface area contributed by atoms with Crippen molar-refractivity contribution in [2.75, 3.05) is 0 Å². The van der Waals surface area contributed by atoms with E-state index in [0.717, 1.165) is 23.0 Å². The number of phenols is 1. The Morgan fingerprint density at radius 2 is 2.19 bits per heavy atom. The minimum Gasteiger partial charge on any atom is -0.508 e. The number of hydrogen-bond acceptors (Lipinski definition) is 3. The first-order chi connectivity index (χ1) is 10.2. The van der Waals surface area contributed by atoms with Crippen LogP contribution in [-0.4, -0.2) is 5.11 Å². The number of hydrogen-bond donors (Lipinski definition) is 2. The number of aromatic hydroxyl groups is 1. The van der Waals surface area contributed by atoms with Crippen molar-refractivity contribution in [3.63, 3.8) is 0 Å². The molecule has 0 saturated heterocycles. The van der Waals surface area contributed by atoms with Gasteiger partial charge in [0.2, 0.25) is 0 Å². The zero-order valence-electron chi connectivity index (χ0n) is 12.2. The normalized spacial score (nSPS) is 15.1. The number of aryl methyl sites for hydroxylation is 2. The summed E-state index contributed by atoms with van der Waals surface area (Å²) in [6, 6.07) is 8.16. The molecule has 4 heteroatoms. The Labute approximate surface area is 138 Å². The molecule has 0 fully saturated rings. The monoisotopic (exact) mass is 365 g/mol. The summed E-state index contributed by atoms with van der Waals surface area (Å²) in [7, 11) is 0. The summed E-state index contributed by atoms with van der Waals surface area (Å²) in [6.07, 6.45) is 4.77. The first-order valence-electron chi connectivity index (χ1n) is 7.49. The third-order valence-electron chi connectivity index (χ3n) is 4.09. The van der Waals surface area contributed by atoms with Crippen LogP contribution in [0.1, 0.15) is 46.7 Å². The Kier molecular flexibility index (Phi) is 4.67. The lowest BCUT2D eigenvalue weighted by atomic mass is 10.0. The molecule has 21 heavy (non-hydrogen) atoms. The van der Waals surface area contributed by atoms with E-state index in [-0.39, 0.29) is 6.04 Å². The number of fused-ring (bicyclic) bond motifs is 1. The van der Waals surface area contributed by atoms with Gasteiger partial charge in [0, 0.05) is 32.4 Å². The second kappa shape index (κ2) is 6.51. The highest BCUT2D eigenvalue weighted by Gasteiger charge is 2.17. The van der Waals surface area contributed by atoms with E-state index in [0.29, 0.717) is 5.75 Å². The smallest absolute Gasteiger partial charge is 0.120 e. The molecule has 112 valence electrons. The second-order valence-corrected chi connectivity index (χ2v) is 7.70. The van der Waals surface area contributed by atoms with Crippen LogP contribution in [0, 0.1) is 0 Å². The highest BCUT2D eigenvalue weighted by Crippen LogP contribution is 2.32. The van der Waals surface area contributed by atoms with E-state index in [4.69, 9.17) is 0 Å². The van der Waals surface area contributed by atoms with Crippen molar-refractivity contribution in [2.45, 2.75) is 45.2 Å². The van der Waals surface area contributed by atoms with Gasteiger partial charge in [-0.05, 0) is 55.5 Å². The van der Waals surface area contributed by atoms with Gasteiger partial charge in [0.15, 0.2) is 0 Å². The van der Waals surface area contributed by atoms with Gasteiger partial charge < -0.3 is 10.4 Å². The van der Waals surface area contributed by atoms with Gasteiger partial charge in [0.1, 0.15) is 5.75 Å². The van der Waals surface area contributed by atoms with E-state index in [2.05, 4.69) is 34.2 Å². The molecule has 1 aliphatic rings. The van der Waals surface area contributed by atoms with E-state index in [1.165, 1.54) is 24.1 Å². The number of benzene rings is 1. The van der Waals surface area contributed by atoms with Gasteiger partial charge >= 0.3 is 0 Å². The molecular formula is C17H20BrNOS. The third kappa shape index (κ3) is 3.33. The van der Waals surface area contributed by atoms with Gasteiger partial charge in [-0.15, -0.1) is 11.3 Å². The summed E-state index contributed by atoms with van der Waals surface area (Å²) in [5, 5.41) is 13.7. The zero-order chi connectivity index (χ0) is 14.8. The Morgan fingerprint density at radius 3 is 2.95 bits per heavy atom. The summed E-state index contributed by atoms with van der Waals surface area (Å²) in [5.41, 5.74) is 2.52. The SMILES string of the molecule is CCC(NCc1cc2c(s1)CCC2)c1cc(Br)ccc1O. The van der Waals surface area contributed by atoms with Crippen LogP contribution in [-0.2, 0) is 19.4 Å². The molecule has 0 spiro atoms. The van der Waals surface area contributed by atoms with Gasteiger partial charge in [0.25, 0.3) is 0 Å². The molecule has 1 heterocycles. The molecule has 1 aromatic heterocycles. The standard InChI is InChI=1S/C17H20BrNOS/c1-2-15(14-9-12(18)6-7-16(14)20)19-10-13-8-11-4-3-5-17(11)21-13/h6-9,15,19-20H,2-5,10H2,1H3. The lowest BCUT2D eigenvalue weighted by molar-refractivity contribution is 0.441. The molecule has 3 rings (SSSR count). The molecule has 1 unspecified atom stereocenters. The predicted octanol–water partition coefficient (Wildman–Crippen LogP) is 4.95. The molecule has 0 radical (unpaired) electrons. The fraction of sp³-hybridized carbons (Fsp3) is 0.412. The van der Waals surface area contributed by atoms with Crippen LogP contribution in [0.15, 0.2) is 28.7 Å². The third-order valence-corrected chi connectivity index (χ3v) is 5.82. The molecule has 1 atom stereocenters. The largest absolute Gasteiger partial charge is 0.508 e. The Morgan fingerprint density at radius 1 is 1.33 bits per heavy atom. The number of halogens is 1. The molecule has 2 N–H and O–H groups in total. The number of thiophene rings is 1. The van der Waals surface area contributed by atoms with Crippen LogP contribution >= 0.6 is 27.3 Å². The van der Waals surface area contributed by atoms with E-state index < -0.39 is 0 Å². The topological polar surface area (TPSA) is 32.3 Å². The fourth-order valence-corrected chi connectivity index (χ4v) is 4.57. The van der Waals surface area contributed by atoms with Crippen LogP contribution < -0.4 is 5.32 Å². The Hall–Kier alpha value is -0.840. The van der Waals surface area contributed by atoms with Crippen LogP contribution in [0.25, 0.3) is 0 Å². The van der Waals surface area contributed by atoms with Crippen LogP contribution in [0.4, 0.5) is 0 Å². The summed E-state index contributed by atoms with van der Waals surface area (Å²) < 4.78 is 1.01. The quantitative estimate of drug-likeness (QED) is 0.785. The maximum Gasteiger partial charge on any atom is 0.120 e. The van der Waals surface area contributed by atoms with E-state index >= 15 is 0 Å². The molecule has 1 aliphatic carbocycles. The lowest BCUT2D eigenvalue weighted by Crippen LogP contribution is -2.20. The maximum atomic E-state index is 10.1. The van der Waals surface area contributed by atoms with Gasteiger partial charge in [-0.3, -0.25) is 0 Å².